The van der Waals surface area contributed by atoms with E-state index in [4.69, 9.17) is 0 Å². The van der Waals surface area contributed by atoms with E-state index in [-0.39, 0.29) is 125 Å². The highest BCUT2D eigenvalue weighted by Crippen LogP contribution is 0.691. The molecule has 0 aromatic rings. The molecule has 12 nitrogen and oxygen atoms in total. The molecule has 124 valence electrons. The van der Waals surface area contributed by atoms with Gasteiger partial charge >= 0.3 is 0 Å². The molecule has 0 aliphatic carbocycles. The minimum absolute atomic E-state index is 0. The van der Waals surface area contributed by atoms with Crippen molar-refractivity contribution in [2.24, 2.45) is 0 Å². The molecule has 0 aliphatic heterocycles. The quantitative estimate of drug-likeness (QED) is 0.367. The van der Waals surface area contributed by atoms with Gasteiger partial charge < -0.3 is 65.7 Å². The molecule has 0 radical (unpaired) electrons. The summed E-state index contributed by atoms with van der Waals surface area (Å²) in [4.78, 5) is 0. The van der Waals surface area contributed by atoms with Crippen LogP contribution in [0.4, 0.5) is 0 Å². The van der Waals surface area contributed by atoms with Crippen molar-refractivity contribution < 1.29 is 65.7 Å². The van der Waals surface area contributed by atoms with E-state index in [1.807, 2.05) is 0 Å². The molecule has 0 unspecified atom stereocenters. The van der Waals surface area contributed by atoms with E-state index in [9.17, 15) is 0 Å². The van der Waals surface area contributed by atoms with Crippen LogP contribution in [0.25, 0.3) is 0 Å². The molecule has 0 aliphatic rings. The van der Waals surface area contributed by atoms with Gasteiger partial charge in [-0.05, 0) is 0 Å². The normalized spacial score (nSPS) is 0. The van der Waals surface area contributed by atoms with Crippen molar-refractivity contribution in [3.63, 3.8) is 0 Å². The van der Waals surface area contributed by atoms with Crippen LogP contribution in [0.5, 0.6) is 0 Å². The van der Waals surface area contributed by atoms with E-state index in [0.717, 1.165) is 0 Å². The highest BCUT2D eigenvalue weighted by atomic mass is 35.5. The first-order valence-electron chi connectivity index (χ1n) is 0. The summed E-state index contributed by atoms with van der Waals surface area (Å²) in [7, 11) is 0. The summed E-state index contributed by atoms with van der Waals surface area (Å²) in [5.74, 6) is 0. The zero-order valence-corrected chi connectivity index (χ0v) is 8.45. The molecular weight excluding hydrogens is 317 g/mol. The lowest BCUT2D eigenvalue weighted by Gasteiger charge is -0.413. The van der Waals surface area contributed by atoms with Crippen LogP contribution < -0.4 is 0 Å². The molecule has 24 N–H and O–H groups in total. The molecule has 0 rings (SSSR count). The maximum absolute atomic E-state index is 0. The van der Waals surface area contributed by atoms with Crippen molar-refractivity contribution in [3.05, 3.63) is 0 Å². The molecule has 16 heavy (non-hydrogen) atoms. The van der Waals surface area contributed by atoms with Crippen LogP contribution in [0.2, 0.25) is 0 Å². The first-order valence-corrected chi connectivity index (χ1v) is 0. The zero-order valence-electron chi connectivity index (χ0n) is 6.82. The number of rotatable bonds is 0. The molecule has 0 saturated carbocycles. The van der Waals surface area contributed by atoms with E-state index >= 15 is 0 Å². The minimum Gasteiger partial charge on any atom is -0.412 e. The lowest BCUT2D eigenvalue weighted by atomic mass is 16.0. The molecule has 0 aromatic carbocycles. The standard InChI is InChI=1S/2Al.2ClH.12H2O.6H/h;;2*1H;12*1H2;;;;;;. The van der Waals surface area contributed by atoms with Gasteiger partial charge in [0, 0.05) is 0 Å². The molecule has 0 amide bonds. The van der Waals surface area contributed by atoms with Gasteiger partial charge in [-0.15, -0.1) is 24.8 Å². The van der Waals surface area contributed by atoms with Gasteiger partial charge in [-0.1, -0.05) is 0 Å². The molecule has 0 aromatic heterocycles. The fraction of sp³-hybridized carbons (Fsp3) is 0. The van der Waals surface area contributed by atoms with Gasteiger partial charge in [0.2, 0.25) is 0 Å². The minimum atomic E-state index is 0. The predicted molar refractivity (Wildman–Crippen MR) is 77.7 cm³/mol. The summed E-state index contributed by atoms with van der Waals surface area (Å²) in [5, 5.41) is 0. The Morgan fingerprint density at radius 2 is 0.188 bits per heavy atom. The second kappa shape index (κ2) is 2740. The van der Waals surface area contributed by atoms with Gasteiger partial charge in [0.1, 0.15) is 0 Å². The van der Waals surface area contributed by atoms with E-state index in [2.05, 4.69) is 0 Å². The van der Waals surface area contributed by atoms with Crippen molar-refractivity contribution >= 4 is 59.5 Å². The van der Waals surface area contributed by atoms with Gasteiger partial charge in [0.25, 0.3) is 0 Å². The molecule has 0 saturated heterocycles. The second-order valence-electron chi connectivity index (χ2n) is 0. The average molecular weight is 349 g/mol. The van der Waals surface area contributed by atoms with Crippen molar-refractivity contribution in [1.29, 1.82) is 0 Å². The molecule has 0 bridgehead atoms. The predicted octanol–water partition coefficient (Wildman–Crippen LogP) is -11.4. The van der Waals surface area contributed by atoms with Crippen molar-refractivity contribution in [1.82, 2.24) is 0 Å². The van der Waals surface area contributed by atoms with Gasteiger partial charge in [0.15, 0.2) is 34.7 Å². The highest BCUT2D eigenvalue weighted by Gasteiger charge is 0.188. The van der Waals surface area contributed by atoms with Crippen LogP contribution in [0.15, 0.2) is 0 Å². The third kappa shape index (κ3) is 2240. The Balaban J connectivity index is 0. The lowest BCUT2D eigenvalue weighted by molar-refractivity contribution is 0.823. The van der Waals surface area contributed by atoms with Crippen LogP contribution in [0.1, 0.15) is 0 Å². The Morgan fingerprint density at radius 1 is 0.188 bits per heavy atom. The number of hydrogen-bond donors (Lipinski definition) is 0. The van der Waals surface area contributed by atoms with Crippen molar-refractivity contribution in [2.75, 3.05) is 0 Å². The summed E-state index contributed by atoms with van der Waals surface area (Å²) in [6.45, 7) is 0. The maximum Gasteiger partial charge on any atom is 0.187 e. The molecule has 0 fully saturated rings. The van der Waals surface area contributed by atoms with Crippen LogP contribution in [-0.2, 0) is 0 Å². The van der Waals surface area contributed by atoms with Gasteiger partial charge in [-0.3, -0.25) is 0 Å². The molecule has 0 heterocycles. The Labute approximate surface area is 125 Å². The first-order chi connectivity index (χ1) is 0. The van der Waals surface area contributed by atoms with Crippen LogP contribution in [0, 0.1) is 0 Å². The third-order valence-electron chi connectivity index (χ3n) is 0. The van der Waals surface area contributed by atoms with E-state index < -0.39 is 0 Å². The van der Waals surface area contributed by atoms with E-state index in [1.165, 1.54) is 0 Å². The van der Waals surface area contributed by atoms with Gasteiger partial charge in [-0.2, -0.15) is 0 Å². The third-order valence-corrected chi connectivity index (χ3v) is 0. The largest absolute Gasteiger partial charge is 0.412 e. The molecule has 0 spiro atoms. The van der Waals surface area contributed by atoms with Gasteiger partial charge in [0.05, 0.1) is 0 Å². The average Bonchev–Trinajstić information content (AvgIpc) is 0. The zero-order chi connectivity index (χ0) is 0. The molecular formula is H32Al2Cl2O12. The van der Waals surface area contributed by atoms with Crippen LogP contribution in [0.3, 0.4) is 0 Å². The number of hydrogen-bond acceptors (Lipinski definition) is 0. The monoisotopic (exact) mass is 348 g/mol. The summed E-state index contributed by atoms with van der Waals surface area (Å²) < 4.78 is 0. The summed E-state index contributed by atoms with van der Waals surface area (Å²) in [6, 6.07) is 0. The van der Waals surface area contributed by atoms with Crippen molar-refractivity contribution in [3.8, 4) is 0 Å². The summed E-state index contributed by atoms with van der Waals surface area (Å²) in [5.41, 5.74) is 0. The summed E-state index contributed by atoms with van der Waals surface area (Å²) in [6.07, 6.45) is 0. The van der Waals surface area contributed by atoms with E-state index in [0.29, 0.717) is 0 Å². The Morgan fingerprint density at radius 3 is 0.188 bits per heavy atom. The summed E-state index contributed by atoms with van der Waals surface area (Å²) >= 11 is 0. The second-order valence-corrected chi connectivity index (χ2v) is 0. The Bertz CT molecular complexity index is 17.0. The van der Waals surface area contributed by atoms with Gasteiger partial charge in [-0.25, -0.2) is 0 Å². The van der Waals surface area contributed by atoms with E-state index in [1.54, 1.807) is 0 Å². The topological polar surface area (TPSA) is 378 Å². The molecule has 0 atom stereocenters. The fourth-order valence-corrected chi connectivity index (χ4v) is 0. The lowest BCUT2D eigenvalue weighted by Crippen LogP contribution is -0.382. The smallest absolute Gasteiger partial charge is 0.187 e. The Kier molecular flexibility index (Phi) is 566000. The SMILES string of the molecule is Cl.Cl.O.O.O.O.O.O.O.O.O.O.O.O.[AlH3].[AlH3]. The van der Waals surface area contributed by atoms with Crippen LogP contribution >= 0.6 is 24.8 Å². The van der Waals surface area contributed by atoms with Crippen LogP contribution in [-0.4, -0.2) is 100 Å². The Hall–Kier alpha value is 1.16. The first kappa shape index (κ1) is 3310. The highest BCUT2D eigenvalue weighted by molar-refractivity contribution is 5.85. The number of halogens is 2. The van der Waals surface area contributed by atoms with Crippen molar-refractivity contribution in [2.45, 2.75) is 0 Å². The maximum atomic E-state index is 0. The molecule has 16 heteroatoms. The fourth-order valence-electron chi connectivity index (χ4n) is 0.